The molecule has 0 radical (unpaired) electrons. The van der Waals surface area contributed by atoms with E-state index < -0.39 is 29.7 Å². The Morgan fingerprint density at radius 3 is 1.73 bits per heavy atom. The smallest absolute Gasteiger partial charge is 0.258 e. The molecule has 230 valence electrons. The highest BCUT2D eigenvalue weighted by molar-refractivity contribution is 6.12. The Morgan fingerprint density at radius 1 is 0.689 bits per heavy atom. The summed E-state index contributed by atoms with van der Waals surface area (Å²) in [6, 6.07) is 26.9. The Labute approximate surface area is 262 Å². The Balaban J connectivity index is 1.46. The molecule has 0 fully saturated rings. The van der Waals surface area contributed by atoms with Gasteiger partial charge >= 0.3 is 0 Å². The minimum absolute atomic E-state index is 0.351. The number of carbonyl (C=O) groups is 4. The van der Waals surface area contributed by atoms with Gasteiger partial charge in [0, 0.05) is 23.0 Å². The average molecular weight is 605 g/mol. The monoisotopic (exact) mass is 604 g/mol. The van der Waals surface area contributed by atoms with Gasteiger partial charge in [-0.2, -0.15) is 10.2 Å². The number of ketones is 2. The molecular weight excluding hydrogens is 568 g/mol. The first-order valence-electron chi connectivity index (χ1n) is 14.4. The lowest BCUT2D eigenvalue weighted by Crippen LogP contribution is -3.00. The van der Waals surface area contributed by atoms with E-state index in [-0.39, 0.29) is 5.78 Å². The number of azo groups is 1. The largest absolute Gasteiger partial charge is 0.431 e. The molecule has 3 unspecified atom stereocenters. The van der Waals surface area contributed by atoms with Gasteiger partial charge in [0.05, 0.1) is 12.7 Å². The van der Waals surface area contributed by atoms with Crippen LogP contribution in [0.3, 0.4) is 0 Å². The summed E-state index contributed by atoms with van der Waals surface area (Å²) in [5, 5.41) is 14.3. The number of Topliss-reactive ketones (excluding diaryl/α,β-unsaturated/α-hetero) is 2. The van der Waals surface area contributed by atoms with E-state index in [0.29, 0.717) is 22.1 Å². The topological polar surface area (TPSA) is 136 Å². The molecule has 45 heavy (non-hydrogen) atoms. The first-order valence-corrected chi connectivity index (χ1v) is 14.4. The molecule has 3 N–H and O–H groups in total. The van der Waals surface area contributed by atoms with Gasteiger partial charge in [0.25, 0.3) is 5.91 Å². The quantitative estimate of drug-likeness (QED) is 0.109. The normalized spacial score (nSPS) is 13.1. The zero-order valence-corrected chi connectivity index (χ0v) is 25.9. The third kappa shape index (κ3) is 8.62. The lowest BCUT2D eigenvalue weighted by atomic mass is 10.00. The number of quaternary nitrogens is 1. The predicted octanol–water partition coefficient (Wildman–Crippen LogP) is 5.68. The molecule has 0 aromatic heterocycles. The maximum atomic E-state index is 12.8. The van der Waals surface area contributed by atoms with Gasteiger partial charge in [-0.25, -0.2) is 0 Å². The average Bonchev–Trinajstić information content (AvgIpc) is 3.01. The molecule has 4 aromatic carbocycles. The van der Waals surface area contributed by atoms with Gasteiger partial charge in [-0.3, -0.25) is 14.4 Å². The zero-order chi connectivity index (χ0) is 32.5. The molecule has 10 nitrogen and oxygen atoms in total. The fraction of sp³-hybridized carbons (Fsp3) is 0.200. The van der Waals surface area contributed by atoms with Crippen molar-refractivity contribution in [3.63, 3.8) is 0 Å². The van der Waals surface area contributed by atoms with Gasteiger partial charge in [0.2, 0.25) is 11.9 Å². The van der Waals surface area contributed by atoms with Gasteiger partial charge in [-0.1, -0.05) is 42.5 Å². The van der Waals surface area contributed by atoms with Crippen molar-refractivity contribution in [3.05, 3.63) is 114 Å². The van der Waals surface area contributed by atoms with Crippen LogP contribution in [0, 0.1) is 13.8 Å². The first kappa shape index (κ1) is 32.6. The van der Waals surface area contributed by atoms with Gasteiger partial charge in [-0.05, 0) is 99.0 Å². The fourth-order valence-corrected chi connectivity index (χ4v) is 4.70. The predicted molar refractivity (Wildman–Crippen MR) is 175 cm³/mol. The van der Waals surface area contributed by atoms with Crippen molar-refractivity contribution in [1.29, 1.82) is 0 Å². The van der Waals surface area contributed by atoms with Crippen LogP contribution in [-0.2, 0) is 19.2 Å². The number of benzene rings is 4. The van der Waals surface area contributed by atoms with Crippen LogP contribution in [0.5, 0.6) is 0 Å². The van der Waals surface area contributed by atoms with Gasteiger partial charge in [0.1, 0.15) is 11.5 Å². The molecule has 0 bridgehead atoms. The van der Waals surface area contributed by atoms with Crippen LogP contribution in [-0.4, -0.2) is 42.5 Å². The number of rotatable bonds is 12. The van der Waals surface area contributed by atoms with E-state index in [9.17, 15) is 19.2 Å². The van der Waals surface area contributed by atoms with E-state index in [1.54, 1.807) is 61.6 Å². The van der Waals surface area contributed by atoms with Crippen molar-refractivity contribution in [2.24, 2.45) is 10.2 Å². The zero-order valence-electron chi connectivity index (χ0n) is 25.9. The SMILES string of the molecule is CC(=O)C(N=Nc1ccc(-c2ccc([NH+](C)[N-]C(C(C)=O)C(=O)Nc3ccccc3)c(C)c2)cc1C)C(=O)Nc1ccccc1. The number of anilines is 2. The van der Waals surface area contributed by atoms with Gasteiger partial charge < -0.3 is 25.9 Å². The highest BCUT2D eigenvalue weighted by Gasteiger charge is 2.23. The van der Waals surface area contributed by atoms with Crippen LogP contribution in [0.1, 0.15) is 25.0 Å². The Kier molecular flexibility index (Phi) is 10.8. The molecule has 0 aliphatic heterocycles. The molecule has 0 aliphatic rings. The third-order valence-electron chi connectivity index (χ3n) is 7.10. The van der Waals surface area contributed by atoms with Crippen LogP contribution in [0.4, 0.5) is 22.7 Å². The Hall–Kier alpha value is -5.32. The van der Waals surface area contributed by atoms with Crippen LogP contribution < -0.4 is 15.6 Å². The number of hydrogen-bond acceptors (Lipinski definition) is 6. The molecule has 3 atom stereocenters. The molecule has 0 heterocycles. The number of hydrogen-bond donors (Lipinski definition) is 3. The molecule has 10 heteroatoms. The van der Waals surface area contributed by atoms with Crippen molar-refractivity contribution in [1.82, 2.24) is 0 Å². The summed E-state index contributed by atoms with van der Waals surface area (Å²) in [7, 11) is 1.78. The maximum absolute atomic E-state index is 12.8. The summed E-state index contributed by atoms with van der Waals surface area (Å²) in [6.45, 7) is 6.49. The standard InChI is InChI=1S/C35H36N6O4/c1-22-20-26(16-18-30(22)38-39-32(24(3)42)34(44)36-28-12-8-6-9-13-28)27-17-19-31(23(2)21-27)41(5)40-33(25(4)43)35(45)37-29-14-10-7-11-15-29/h6-21,32-33,41H,1-5H3,(H,36,44)(H,37,45). The van der Waals surface area contributed by atoms with Crippen molar-refractivity contribution >= 4 is 46.1 Å². The Morgan fingerprint density at radius 2 is 1.22 bits per heavy atom. The summed E-state index contributed by atoms with van der Waals surface area (Å²) in [4.78, 5) is 50.0. The summed E-state index contributed by atoms with van der Waals surface area (Å²) in [5.41, 5.74) is 10.6. The van der Waals surface area contributed by atoms with Crippen molar-refractivity contribution < 1.29 is 24.2 Å². The summed E-state index contributed by atoms with van der Waals surface area (Å²) < 4.78 is 0. The number of para-hydroxylation sites is 2. The van der Waals surface area contributed by atoms with E-state index in [0.717, 1.165) is 27.9 Å². The van der Waals surface area contributed by atoms with Crippen molar-refractivity contribution in [2.45, 2.75) is 39.8 Å². The van der Waals surface area contributed by atoms with Crippen LogP contribution >= 0.6 is 0 Å². The second kappa shape index (κ2) is 14.9. The minimum Gasteiger partial charge on any atom is -0.431 e. The summed E-state index contributed by atoms with van der Waals surface area (Å²) >= 11 is 0. The molecular formula is C35H36N6O4. The minimum atomic E-state index is -1.27. The van der Waals surface area contributed by atoms with Crippen molar-refractivity contribution in [3.8, 4) is 11.1 Å². The molecule has 4 rings (SSSR count). The Bertz CT molecular complexity index is 1720. The number of nitrogens with zero attached hydrogens (tertiary/aromatic N) is 3. The molecule has 2 amide bonds. The number of aryl methyl sites for hydroxylation is 2. The second-order valence-electron chi connectivity index (χ2n) is 10.7. The van der Waals surface area contributed by atoms with Crippen LogP contribution in [0.15, 0.2) is 107 Å². The van der Waals surface area contributed by atoms with Gasteiger partial charge in [-0.15, -0.1) is 0 Å². The van der Waals surface area contributed by atoms with E-state index in [4.69, 9.17) is 0 Å². The van der Waals surface area contributed by atoms with Crippen LogP contribution in [0.25, 0.3) is 16.6 Å². The maximum Gasteiger partial charge on any atom is 0.258 e. The summed E-state index contributed by atoms with van der Waals surface area (Å²) in [6.07, 6.45) is 0. The third-order valence-corrected chi connectivity index (χ3v) is 7.10. The lowest BCUT2D eigenvalue weighted by Gasteiger charge is -2.33. The molecule has 4 aromatic rings. The van der Waals surface area contributed by atoms with Crippen LogP contribution in [0.2, 0.25) is 0 Å². The van der Waals surface area contributed by atoms with E-state index in [2.05, 4.69) is 26.3 Å². The highest BCUT2D eigenvalue weighted by Crippen LogP contribution is 2.29. The van der Waals surface area contributed by atoms with Gasteiger partial charge in [0.15, 0.2) is 5.78 Å². The number of nitrogens with one attached hydrogen (secondary N) is 3. The molecule has 0 spiro atoms. The second-order valence-corrected chi connectivity index (χ2v) is 10.7. The van der Waals surface area contributed by atoms with E-state index >= 15 is 0 Å². The number of carbonyl (C=O) groups excluding carboxylic acids is 4. The van der Waals surface area contributed by atoms with E-state index in [1.165, 1.54) is 13.8 Å². The highest BCUT2D eigenvalue weighted by atomic mass is 16.2. The molecule has 0 saturated carbocycles. The first-order chi connectivity index (χ1) is 21.5. The molecule has 0 saturated heterocycles. The summed E-state index contributed by atoms with van der Waals surface area (Å²) in [5.74, 6) is -1.80. The van der Waals surface area contributed by atoms with Crippen molar-refractivity contribution in [2.75, 3.05) is 17.7 Å². The number of amides is 2. The van der Waals surface area contributed by atoms with E-state index in [1.807, 2.05) is 56.3 Å². The fourth-order valence-electron chi connectivity index (χ4n) is 4.70. The lowest BCUT2D eigenvalue weighted by molar-refractivity contribution is -0.769. The molecule has 0 aliphatic carbocycles.